The van der Waals surface area contributed by atoms with Crippen molar-refractivity contribution in [1.82, 2.24) is 9.13 Å². The molecule has 0 atom stereocenters. The topological polar surface area (TPSA) is 52.2 Å². The lowest BCUT2D eigenvalue weighted by Gasteiger charge is -2.08. The fourth-order valence-corrected chi connectivity index (χ4v) is 2.54. The monoisotopic (exact) mass is 377 g/mol. The van der Waals surface area contributed by atoms with E-state index in [2.05, 4.69) is 0 Å². The van der Waals surface area contributed by atoms with Crippen molar-refractivity contribution < 1.29 is 9.47 Å². The molecule has 1 N–H and O–H groups in total. The van der Waals surface area contributed by atoms with Gasteiger partial charge in [-0.3, -0.25) is 5.41 Å². The quantitative estimate of drug-likeness (QED) is 0.742. The molecule has 0 amide bonds. The minimum Gasteiger partial charge on any atom is -0.497 e. The number of benzene rings is 2. The van der Waals surface area contributed by atoms with Crippen LogP contribution in [0.1, 0.15) is 0 Å². The summed E-state index contributed by atoms with van der Waals surface area (Å²) in [6.07, 6.45) is 0. The highest BCUT2D eigenvalue weighted by molar-refractivity contribution is 8.93. The first-order chi connectivity index (χ1) is 10.7. The first-order valence-corrected chi connectivity index (χ1v) is 7.16. The number of rotatable bonds is 5. The predicted molar refractivity (Wildman–Crippen MR) is 95.6 cm³/mol. The lowest BCUT2D eigenvalue weighted by molar-refractivity contribution is 0.296. The standard InChI is InChI=1S/C17H19N3O2.BrH/c1-19-15-5-3-4-6-16(15)20(17(19)18)11-12-22-14-9-7-13(21-2)8-10-14;/h3-10,18H,11-12H2,1-2H3;1H. The number of ether oxygens (including phenoxy) is 2. The Morgan fingerprint density at radius 2 is 1.57 bits per heavy atom. The molecule has 122 valence electrons. The number of para-hydroxylation sites is 2. The van der Waals surface area contributed by atoms with Crippen LogP contribution < -0.4 is 15.1 Å². The Kier molecular flexibility index (Phi) is 5.50. The van der Waals surface area contributed by atoms with Gasteiger partial charge in [-0.15, -0.1) is 17.0 Å². The molecule has 0 bridgehead atoms. The minimum atomic E-state index is 0. The minimum absolute atomic E-state index is 0. The van der Waals surface area contributed by atoms with E-state index in [9.17, 15) is 0 Å². The number of nitrogens with one attached hydrogen (secondary N) is 1. The Labute approximate surface area is 145 Å². The van der Waals surface area contributed by atoms with Crippen molar-refractivity contribution in [3.8, 4) is 11.5 Å². The average molecular weight is 378 g/mol. The van der Waals surface area contributed by atoms with Gasteiger partial charge in [0, 0.05) is 7.05 Å². The summed E-state index contributed by atoms with van der Waals surface area (Å²) < 4.78 is 14.7. The molecule has 0 saturated carbocycles. The fourth-order valence-electron chi connectivity index (χ4n) is 2.54. The Hall–Kier alpha value is -2.21. The normalized spacial score (nSPS) is 10.3. The van der Waals surface area contributed by atoms with Crippen molar-refractivity contribution in [3.05, 3.63) is 54.1 Å². The van der Waals surface area contributed by atoms with Gasteiger partial charge >= 0.3 is 0 Å². The van der Waals surface area contributed by atoms with Crippen LogP contribution >= 0.6 is 17.0 Å². The van der Waals surface area contributed by atoms with Gasteiger partial charge in [-0.2, -0.15) is 0 Å². The summed E-state index contributed by atoms with van der Waals surface area (Å²) in [6.45, 7) is 1.14. The molecule has 0 aliphatic heterocycles. The Morgan fingerprint density at radius 1 is 0.957 bits per heavy atom. The molecule has 0 unspecified atom stereocenters. The summed E-state index contributed by atoms with van der Waals surface area (Å²) in [5, 5.41) is 8.21. The van der Waals surface area contributed by atoms with Crippen LogP contribution in [-0.2, 0) is 13.6 Å². The zero-order chi connectivity index (χ0) is 15.5. The first-order valence-electron chi connectivity index (χ1n) is 7.16. The van der Waals surface area contributed by atoms with Crippen LogP contribution in [0, 0.1) is 5.41 Å². The SMILES string of the molecule is Br.COc1ccc(OCCn2c(=N)n(C)c3ccccc32)cc1. The number of hydrogen-bond donors (Lipinski definition) is 1. The van der Waals surface area contributed by atoms with Crippen molar-refractivity contribution in [2.75, 3.05) is 13.7 Å². The van der Waals surface area contributed by atoms with Crippen molar-refractivity contribution in [3.63, 3.8) is 0 Å². The lowest BCUT2D eigenvalue weighted by Crippen LogP contribution is -2.24. The van der Waals surface area contributed by atoms with Crippen LogP contribution in [0.2, 0.25) is 0 Å². The third-order valence-electron chi connectivity index (χ3n) is 3.75. The van der Waals surface area contributed by atoms with Gasteiger partial charge in [-0.05, 0) is 36.4 Å². The Balaban J connectivity index is 0.00000192. The molecular weight excluding hydrogens is 358 g/mol. The highest BCUT2D eigenvalue weighted by Gasteiger charge is 2.07. The zero-order valence-electron chi connectivity index (χ0n) is 13.2. The molecule has 0 aliphatic rings. The van der Waals surface area contributed by atoms with Gasteiger partial charge < -0.3 is 18.6 Å². The van der Waals surface area contributed by atoms with Gasteiger partial charge in [-0.1, -0.05) is 12.1 Å². The van der Waals surface area contributed by atoms with Gasteiger partial charge in [0.15, 0.2) is 0 Å². The zero-order valence-corrected chi connectivity index (χ0v) is 14.9. The number of aromatic nitrogens is 2. The first kappa shape index (κ1) is 17.1. The maximum atomic E-state index is 8.21. The molecule has 6 heteroatoms. The summed E-state index contributed by atoms with van der Waals surface area (Å²) in [7, 11) is 3.55. The summed E-state index contributed by atoms with van der Waals surface area (Å²) >= 11 is 0. The van der Waals surface area contributed by atoms with E-state index in [1.165, 1.54) is 0 Å². The lowest BCUT2D eigenvalue weighted by atomic mass is 10.3. The molecule has 0 saturated heterocycles. The molecule has 2 aromatic carbocycles. The molecule has 3 rings (SSSR count). The molecule has 23 heavy (non-hydrogen) atoms. The van der Waals surface area contributed by atoms with Gasteiger partial charge in [-0.25, -0.2) is 0 Å². The van der Waals surface area contributed by atoms with E-state index in [0.717, 1.165) is 22.5 Å². The third-order valence-corrected chi connectivity index (χ3v) is 3.75. The molecule has 0 fully saturated rings. The summed E-state index contributed by atoms with van der Waals surface area (Å²) in [5.41, 5.74) is 2.57. The molecule has 3 aromatic rings. The predicted octanol–water partition coefficient (Wildman–Crippen LogP) is 3.12. The largest absolute Gasteiger partial charge is 0.497 e. The summed E-state index contributed by atoms with van der Waals surface area (Å²) in [6, 6.07) is 15.5. The van der Waals surface area contributed by atoms with Gasteiger partial charge in [0.05, 0.1) is 24.7 Å². The van der Waals surface area contributed by atoms with Crippen LogP contribution in [0.4, 0.5) is 0 Å². The van der Waals surface area contributed by atoms with E-state index < -0.39 is 0 Å². The number of aryl methyl sites for hydroxylation is 1. The third kappa shape index (κ3) is 3.42. The van der Waals surface area contributed by atoms with E-state index in [1.807, 2.05) is 64.7 Å². The second-order valence-electron chi connectivity index (χ2n) is 5.05. The van der Waals surface area contributed by atoms with Crippen molar-refractivity contribution in [1.29, 1.82) is 5.41 Å². The van der Waals surface area contributed by atoms with Crippen molar-refractivity contribution in [2.45, 2.75) is 6.54 Å². The number of imidazole rings is 1. The summed E-state index contributed by atoms with van der Waals surface area (Å²) in [4.78, 5) is 0. The molecule has 0 radical (unpaired) electrons. The Bertz CT molecular complexity index is 837. The number of halogens is 1. The van der Waals surface area contributed by atoms with Crippen LogP contribution in [0.15, 0.2) is 48.5 Å². The molecule has 5 nitrogen and oxygen atoms in total. The number of methoxy groups -OCH3 is 1. The van der Waals surface area contributed by atoms with Crippen molar-refractivity contribution in [2.24, 2.45) is 7.05 Å². The highest BCUT2D eigenvalue weighted by Crippen LogP contribution is 2.17. The molecule has 0 spiro atoms. The van der Waals surface area contributed by atoms with E-state index in [-0.39, 0.29) is 17.0 Å². The van der Waals surface area contributed by atoms with Gasteiger partial charge in [0.1, 0.15) is 18.1 Å². The molecule has 0 aliphatic carbocycles. The van der Waals surface area contributed by atoms with Crippen LogP contribution in [-0.4, -0.2) is 22.9 Å². The second-order valence-corrected chi connectivity index (χ2v) is 5.05. The smallest absolute Gasteiger partial charge is 0.202 e. The second kappa shape index (κ2) is 7.37. The fraction of sp³-hybridized carbons (Fsp3) is 0.235. The van der Waals surface area contributed by atoms with E-state index >= 15 is 0 Å². The molecular formula is C17H20BrN3O2. The van der Waals surface area contributed by atoms with E-state index in [0.29, 0.717) is 18.8 Å². The van der Waals surface area contributed by atoms with E-state index in [1.54, 1.807) is 7.11 Å². The Morgan fingerprint density at radius 3 is 2.22 bits per heavy atom. The number of hydrogen-bond acceptors (Lipinski definition) is 3. The number of fused-ring (bicyclic) bond motifs is 1. The van der Waals surface area contributed by atoms with Gasteiger partial charge in [0.2, 0.25) is 5.62 Å². The maximum Gasteiger partial charge on any atom is 0.202 e. The summed E-state index contributed by atoms with van der Waals surface area (Å²) in [5.74, 6) is 1.61. The van der Waals surface area contributed by atoms with Crippen LogP contribution in [0.5, 0.6) is 11.5 Å². The van der Waals surface area contributed by atoms with E-state index in [4.69, 9.17) is 14.9 Å². The van der Waals surface area contributed by atoms with Gasteiger partial charge in [0.25, 0.3) is 0 Å². The van der Waals surface area contributed by atoms with Crippen LogP contribution in [0.3, 0.4) is 0 Å². The highest BCUT2D eigenvalue weighted by atomic mass is 79.9. The van der Waals surface area contributed by atoms with Crippen molar-refractivity contribution >= 4 is 28.0 Å². The molecule has 1 aromatic heterocycles. The maximum absolute atomic E-state index is 8.21. The number of nitrogens with zero attached hydrogens (tertiary/aromatic N) is 2. The average Bonchev–Trinajstić information content (AvgIpc) is 2.81. The molecule has 1 heterocycles. The van der Waals surface area contributed by atoms with Crippen LogP contribution in [0.25, 0.3) is 11.0 Å².